The average Bonchev–Trinajstić information content (AvgIpc) is 3.04. The SMILES string of the molecule is Cc1ccc(S(C)(=O)=O)cc1C(=O)Nc1nc2c(ccc3ccccc32)s1. The topological polar surface area (TPSA) is 76.1 Å². The van der Waals surface area contributed by atoms with Gasteiger partial charge in [-0.25, -0.2) is 13.4 Å². The van der Waals surface area contributed by atoms with E-state index >= 15 is 0 Å². The van der Waals surface area contributed by atoms with Gasteiger partial charge >= 0.3 is 0 Å². The van der Waals surface area contributed by atoms with Gasteiger partial charge in [-0.3, -0.25) is 10.1 Å². The Morgan fingerprint density at radius 3 is 2.63 bits per heavy atom. The van der Waals surface area contributed by atoms with Crippen LogP contribution in [0.1, 0.15) is 15.9 Å². The Bertz CT molecular complexity index is 1310. The number of hydrogen-bond donors (Lipinski definition) is 1. The van der Waals surface area contributed by atoms with Gasteiger partial charge in [-0.1, -0.05) is 47.7 Å². The van der Waals surface area contributed by atoms with Crippen molar-refractivity contribution in [3.05, 3.63) is 65.7 Å². The summed E-state index contributed by atoms with van der Waals surface area (Å²) in [5.74, 6) is -0.374. The molecule has 0 atom stereocenters. The summed E-state index contributed by atoms with van der Waals surface area (Å²) in [5, 5.41) is 5.40. The molecule has 0 saturated carbocycles. The standard InChI is InChI=1S/C20H16N2O3S2/c1-12-7-9-14(27(2,24)25)11-16(12)19(23)22-20-21-18-15-6-4-3-5-13(15)8-10-17(18)26-20/h3-11H,1-2H3,(H,21,22,23). The van der Waals surface area contributed by atoms with E-state index in [1.807, 2.05) is 36.4 Å². The Morgan fingerprint density at radius 1 is 1.07 bits per heavy atom. The molecule has 0 saturated heterocycles. The number of sulfone groups is 1. The summed E-state index contributed by atoms with van der Waals surface area (Å²) in [4.78, 5) is 17.4. The molecule has 4 aromatic rings. The van der Waals surface area contributed by atoms with Crippen LogP contribution in [0.2, 0.25) is 0 Å². The lowest BCUT2D eigenvalue weighted by Gasteiger charge is -2.07. The zero-order chi connectivity index (χ0) is 19.2. The lowest BCUT2D eigenvalue weighted by atomic mass is 10.1. The van der Waals surface area contributed by atoms with E-state index in [2.05, 4.69) is 10.3 Å². The van der Waals surface area contributed by atoms with Crippen LogP contribution in [0.25, 0.3) is 21.0 Å². The van der Waals surface area contributed by atoms with Crippen LogP contribution in [-0.2, 0) is 9.84 Å². The number of thiazole rings is 1. The molecule has 136 valence electrons. The Labute approximate surface area is 160 Å². The Hall–Kier alpha value is -2.77. The molecule has 27 heavy (non-hydrogen) atoms. The fraction of sp³-hybridized carbons (Fsp3) is 0.100. The number of hydrogen-bond acceptors (Lipinski definition) is 5. The lowest BCUT2D eigenvalue weighted by Crippen LogP contribution is -2.14. The molecule has 7 heteroatoms. The van der Waals surface area contributed by atoms with Crippen LogP contribution >= 0.6 is 11.3 Å². The quantitative estimate of drug-likeness (QED) is 0.556. The van der Waals surface area contributed by atoms with E-state index in [0.29, 0.717) is 16.3 Å². The van der Waals surface area contributed by atoms with Crippen LogP contribution in [0.3, 0.4) is 0 Å². The summed E-state index contributed by atoms with van der Waals surface area (Å²) < 4.78 is 24.5. The molecule has 1 aromatic heterocycles. The maximum Gasteiger partial charge on any atom is 0.257 e. The van der Waals surface area contributed by atoms with E-state index in [0.717, 1.165) is 27.2 Å². The first kappa shape index (κ1) is 17.6. The van der Waals surface area contributed by atoms with Crippen molar-refractivity contribution in [2.24, 2.45) is 0 Å². The molecule has 0 bridgehead atoms. The molecule has 4 rings (SSSR count). The van der Waals surface area contributed by atoms with Crippen LogP contribution in [0.5, 0.6) is 0 Å². The van der Waals surface area contributed by atoms with E-state index in [4.69, 9.17) is 0 Å². The van der Waals surface area contributed by atoms with E-state index in [1.54, 1.807) is 13.0 Å². The Balaban J connectivity index is 1.72. The summed E-state index contributed by atoms with van der Waals surface area (Å²) in [6, 6.07) is 16.5. The smallest absolute Gasteiger partial charge is 0.257 e. The number of rotatable bonds is 3. The van der Waals surface area contributed by atoms with Crippen molar-refractivity contribution in [2.45, 2.75) is 11.8 Å². The normalized spacial score (nSPS) is 11.8. The minimum absolute atomic E-state index is 0.119. The average molecular weight is 396 g/mol. The van der Waals surface area contributed by atoms with E-state index in [-0.39, 0.29) is 10.8 Å². The Morgan fingerprint density at radius 2 is 1.85 bits per heavy atom. The summed E-state index contributed by atoms with van der Waals surface area (Å²) >= 11 is 1.39. The molecule has 0 unspecified atom stereocenters. The molecule has 1 amide bonds. The predicted octanol–water partition coefficient (Wildman–Crippen LogP) is 4.41. The first-order chi connectivity index (χ1) is 12.8. The third kappa shape index (κ3) is 3.31. The van der Waals surface area contributed by atoms with Crippen molar-refractivity contribution >= 4 is 53.2 Å². The fourth-order valence-corrected chi connectivity index (χ4v) is 4.48. The van der Waals surface area contributed by atoms with Gasteiger partial charge in [-0.15, -0.1) is 0 Å². The van der Waals surface area contributed by atoms with E-state index in [9.17, 15) is 13.2 Å². The van der Waals surface area contributed by atoms with Crippen molar-refractivity contribution in [3.8, 4) is 0 Å². The molecule has 0 fully saturated rings. The monoisotopic (exact) mass is 396 g/mol. The van der Waals surface area contributed by atoms with Crippen LogP contribution in [0.4, 0.5) is 5.13 Å². The Kier molecular flexibility index (Phi) is 4.20. The predicted molar refractivity (Wildman–Crippen MR) is 109 cm³/mol. The number of carbonyl (C=O) groups is 1. The second kappa shape index (κ2) is 6.44. The third-order valence-corrected chi connectivity index (χ3v) is 6.43. The fourth-order valence-electron chi connectivity index (χ4n) is 2.96. The molecule has 1 heterocycles. The zero-order valence-electron chi connectivity index (χ0n) is 14.7. The highest BCUT2D eigenvalue weighted by Gasteiger charge is 2.16. The zero-order valence-corrected chi connectivity index (χ0v) is 16.3. The van der Waals surface area contributed by atoms with Crippen molar-refractivity contribution in [1.29, 1.82) is 0 Å². The van der Waals surface area contributed by atoms with Gasteiger partial charge in [0.2, 0.25) is 0 Å². The van der Waals surface area contributed by atoms with Crippen LogP contribution < -0.4 is 5.32 Å². The summed E-state index contributed by atoms with van der Waals surface area (Å²) in [7, 11) is -3.39. The maximum absolute atomic E-state index is 12.7. The number of nitrogens with zero attached hydrogens (tertiary/aromatic N) is 1. The van der Waals surface area contributed by atoms with Crippen molar-refractivity contribution in [2.75, 3.05) is 11.6 Å². The number of nitrogens with one attached hydrogen (secondary N) is 1. The van der Waals surface area contributed by atoms with Gasteiger partial charge in [0, 0.05) is 17.2 Å². The number of aromatic nitrogens is 1. The molecule has 3 aromatic carbocycles. The second-order valence-corrected chi connectivity index (χ2v) is 9.40. The number of anilines is 1. The highest BCUT2D eigenvalue weighted by molar-refractivity contribution is 7.90. The number of carbonyl (C=O) groups excluding carboxylic acids is 1. The molecular weight excluding hydrogens is 380 g/mol. The number of benzene rings is 3. The summed E-state index contributed by atoms with van der Waals surface area (Å²) in [5.41, 5.74) is 1.86. The molecule has 0 spiro atoms. The minimum Gasteiger partial charge on any atom is -0.298 e. The lowest BCUT2D eigenvalue weighted by molar-refractivity contribution is 0.102. The highest BCUT2D eigenvalue weighted by Crippen LogP contribution is 2.32. The summed E-state index contributed by atoms with van der Waals surface area (Å²) in [6.07, 6.45) is 1.12. The maximum atomic E-state index is 12.7. The van der Waals surface area contributed by atoms with Gasteiger partial charge in [0.15, 0.2) is 15.0 Å². The number of fused-ring (bicyclic) bond motifs is 3. The van der Waals surface area contributed by atoms with Crippen molar-refractivity contribution < 1.29 is 13.2 Å². The van der Waals surface area contributed by atoms with Gasteiger partial charge in [0.1, 0.15) is 0 Å². The molecule has 5 nitrogen and oxygen atoms in total. The minimum atomic E-state index is -3.39. The molecule has 0 radical (unpaired) electrons. The van der Waals surface area contributed by atoms with Crippen molar-refractivity contribution in [1.82, 2.24) is 4.98 Å². The van der Waals surface area contributed by atoms with Crippen LogP contribution in [0, 0.1) is 6.92 Å². The van der Waals surface area contributed by atoms with E-state index in [1.165, 1.54) is 23.5 Å². The van der Waals surface area contributed by atoms with E-state index < -0.39 is 9.84 Å². The van der Waals surface area contributed by atoms with Crippen LogP contribution in [0.15, 0.2) is 59.5 Å². The molecule has 0 aliphatic heterocycles. The third-order valence-electron chi connectivity index (χ3n) is 4.39. The molecule has 0 aliphatic rings. The van der Waals surface area contributed by atoms with Gasteiger partial charge in [-0.05, 0) is 36.1 Å². The highest BCUT2D eigenvalue weighted by atomic mass is 32.2. The van der Waals surface area contributed by atoms with Gasteiger partial charge in [0.05, 0.1) is 15.1 Å². The van der Waals surface area contributed by atoms with Crippen LogP contribution in [-0.4, -0.2) is 25.6 Å². The van der Waals surface area contributed by atoms with Gasteiger partial charge < -0.3 is 0 Å². The second-order valence-electron chi connectivity index (χ2n) is 6.36. The first-order valence-electron chi connectivity index (χ1n) is 8.23. The largest absolute Gasteiger partial charge is 0.298 e. The number of amides is 1. The van der Waals surface area contributed by atoms with Crippen molar-refractivity contribution in [3.63, 3.8) is 0 Å². The summed E-state index contributed by atoms with van der Waals surface area (Å²) in [6.45, 7) is 1.77. The molecule has 1 N–H and O–H groups in total. The van der Waals surface area contributed by atoms with Gasteiger partial charge in [0.25, 0.3) is 5.91 Å². The number of aryl methyl sites for hydroxylation is 1. The first-order valence-corrected chi connectivity index (χ1v) is 10.9. The van der Waals surface area contributed by atoms with Gasteiger partial charge in [-0.2, -0.15) is 0 Å². The molecule has 0 aliphatic carbocycles. The molecular formula is C20H16N2O3S2.